The van der Waals surface area contributed by atoms with Crippen molar-refractivity contribution in [1.29, 1.82) is 0 Å². The minimum atomic E-state index is -1.00. The van der Waals surface area contributed by atoms with Crippen molar-refractivity contribution >= 4 is 0 Å². The van der Waals surface area contributed by atoms with Crippen LogP contribution in [0.15, 0.2) is 0 Å². The molecular formula is C20H36O5. The maximum absolute atomic E-state index is 11.1. The predicted molar refractivity (Wildman–Crippen MR) is 95.0 cm³/mol. The summed E-state index contributed by atoms with van der Waals surface area (Å²) in [5.41, 5.74) is -1.98. The monoisotopic (exact) mass is 356 g/mol. The Morgan fingerprint density at radius 3 is 2.28 bits per heavy atom. The highest BCUT2D eigenvalue weighted by Crippen LogP contribution is 2.65. The van der Waals surface area contributed by atoms with Crippen molar-refractivity contribution in [2.24, 2.45) is 22.7 Å². The zero-order valence-electron chi connectivity index (χ0n) is 16.3. The molecule has 0 aromatic rings. The second kappa shape index (κ2) is 5.90. The lowest BCUT2D eigenvalue weighted by Crippen LogP contribution is -2.74. The lowest BCUT2D eigenvalue weighted by Gasteiger charge is -2.68. The molecule has 3 fully saturated rings. The standard InChI is InChI=1S/C20H36O5/c1-17(2)8-6-9-18(3)12-7-10-19(4,13(22)11-21)25-20(12,5)16(24)14(23)15(17)18/h12-16,21-24H,6-11H2,1-5H3/t12-,13-,14+,15+,16+,18-,19-,20+/m1/s1. The zero-order valence-corrected chi connectivity index (χ0v) is 16.3. The van der Waals surface area contributed by atoms with Gasteiger partial charge in [-0.3, -0.25) is 0 Å². The summed E-state index contributed by atoms with van der Waals surface area (Å²) in [6.07, 6.45) is 1.80. The van der Waals surface area contributed by atoms with Crippen LogP contribution in [0.4, 0.5) is 0 Å². The maximum atomic E-state index is 11.1. The van der Waals surface area contributed by atoms with Gasteiger partial charge in [0, 0.05) is 0 Å². The minimum Gasteiger partial charge on any atom is -0.394 e. The second-order valence-electron chi connectivity index (χ2n) is 10.1. The molecule has 1 aliphatic heterocycles. The number of hydrogen-bond donors (Lipinski definition) is 4. The molecule has 5 nitrogen and oxygen atoms in total. The second-order valence-corrected chi connectivity index (χ2v) is 10.1. The number of aliphatic hydroxyl groups excluding tert-OH is 4. The quantitative estimate of drug-likeness (QED) is 0.606. The molecule has 8 atom stereocenters. The van der Waals surface area contributed by atoms with Crippen molar-refractivity contribution < 1.29 is 25.2 Å². The predicted octanol–water partition coefficient (Wildman–Crippen LogP) is 1.85. The SMILES string of the molecule is CC1(C)CCC[C@]2(C)[C@H]3CC[C@](C)([C@H](O)CO)O[C@]3(C)[C@@H](O)[C@@H](O)[C@@H]12. The van der Waals surface area contributed by atoms with Crippen molar-refractivity contribution in [1.82, 2.24) is 0 Å². The van der Waals surface area contributed by atoms with Crippen LogP contribution in [0.2, 0.25) is 0 Å². The molecule has 0 aromatic carbocycles. The third kappa shape index (κ3) is 2.61. The molecule has 3 rings (SSSR count). The molecule has 2 saturated carbocycles. The van der Waals surface area contributed by atoms with Gasteiger partial charge < -0.3 is 25.2 Å². The number of fused-ring (bicyclic) bond motifs is 3. The van der Waals surface area contributed by atoms with Crippen LogP contribution < -0.4 is 0 Å². The van der Waals surface area contributed by atoms with E-state index in [4.69, 9.17) is 4.74 Å². The van der Waals surface area contributed by atoms with Gasteiger partial charge in [-0.2, -0.15) is 0 Å². The molecule has 4 N–H and O–H groups in total. The zero-order chi connectivity index (χ0) is 18.8. The molecule has 0 radical (unpaired) electrons. The van der Waals surface area contributed by atoms with Gasteiger partial charge in [-0.1, -0.05) is 27.2 Å². The summed E-state index contributed by atoms with van der Waals surface area (Å²) in [6, 6.07) is 0. The van der Waals surface area contributed by atoms with Gasteiger partial charge in [0.25, 0.3) is 0 Å². The van der Waals surface area contributed by atoms with E-state index in [9.17, 15) is 20.4 Å². The van der Waals surface area contributed by atoms with E-state index in [0.717, 1.165) is 25.7 Å². The van der Waals surface area contributed by atoms with Crippen LogP contribution in [-0.2, 0) is 4.74 Å². The summed E-state index contributed by atoms with van der Waals surface area (Å²) < 4.78 is 6.36. The van der Waals surface area contributed by atoms with Gasteiger partial charge in [0.1, 0.15) is 12.2 Å². The highest BCUT2D eigenvalue weighted by molar-refractivity contribution is 5.17. The van der Waals surface area contributed by atoms with Crippen molar-refractivity contribution in [3.8, 4) is 0 Å². The highest BCUT2D eigenvalue weighted by atomic mass is 16.6. The fraction of sp³-hybridized carbons (Fsp3) is 1.00. The minimum absolute atomic E-state index is 0.0255. The maximum Gasteiger partial charge on any atom is 0.109 e. The summed E-state index contributed by atoms with van der Waals surface area (Å²) in [4.78, 5) is 0. The Morgan fingerprint density at radius 1 is 1.04 bits per heavy atom. The van der Waals surface area contributed by atoms with Gasteiger partial charge in [-0.05, 0) is 62.2 Å². The molecule has 0 unspecified atom stereocenters. The average molecular weight is 357 g/mol. The van der Waals surface area contributed by atoms with Crippen LogP contribution in [0.3, 0.4) is 0 Å². The number of ether oxygens (including phenoxy) is 1. The first-order valence-electron chi connectivity index (χ1n) is 9.77. The Balaban J connectivity index is 2.03. The van der Waals surface area contributed by atoms with E-state index in [1.54, 1.807) is 6.92 Å². The fourth-order valence-corrected chi connectivity index (χ4v) is 6.91. The summed E-state index contributed by atoms with van der Waals surface area (Å²) in [6.45, 7) is 9.98. The van der Waals surface area contributed by atoms with Gasteiger partial charge in [-0.25, -0.2) is 0 Å². The first-order valence-corrected chi connectivity index (χ1v) is 9.77. The molecule has 0 aromatic heterocycles. The number of hydrogen-bond acceptors (Lipinski definition) is 5. The van der Waals surface area contributed by atoms with Gasteiger partial charge in [0.2, 0.25) is 0 Å². The van der Waals surface area contributed by atoms with Gasteiger partial charge in [-0.15, -0.1) is 0 Å². The van der Waals surface area contributed by atoms with Crippen molar-refractivity contribution in [3.05, 3.63) is 0 Å². The van der Waals surface area contributed by atoms with Gasteiger partial charge in [0.05, 0.1) is 23.9 Å². The number of rotatable bonds is 2. The molecule has 0 amide bonds. The van der Waals surface area contributed by atoms with Crippen LogP contribution >= 0.6 is 0 Å². The van der Waals surface area contributed by atoms with Crippen molar-refractivity contribution in [2.75, 3.05) is 6.61 Å². The molecule has 25 heavy (non-hydrogen) atoms. The molecule has 1 saturated heterocycles. The van der Waals surface area contributed by atoms with Crippen LogP contribution in [0, 0.1) is 22.7 Å². The van der Waals surface area contributed by atoms with Crippen LogP contribution in [0.1, 0.15) is 66.7 Å². The molecule has 5 heteroatoms. The van der Waals surface area contributed by atoms with Crippen molar-refractivity contribution in [3.63, 3.8) is 0 Å². The summed E-state index contributed by atoms with van der Waals surface area (Å²) in [5.74, 6) is 0.138. The first-order chi connectivity index (χ1) is 11.4. The Morgan fingerprint density at radius 2 is 1.68 bits per heavy atom. The van der Waals surface area contributed by atoms with Crippen LogP contribution in [0.25, 0.3) is 0 Å². The first kappa shape index (κ1) is 19.6. The smallest absolute Gasteiger partial charge is 0.109 e. The molecule has 3 aliphatic rings. The summed E-state index contributed by atoms with van der Waals surface area (Å²) in [7, 11) is 0. The van der Waals surface area contributed by atoms with Gasteiger partial charge >= 0.3 is 0 Å². The molecule has 0 spiro atoms. The van der Waals surface area contributed by atoms with E-state index in [-0.39, 0.29) is 29.3 Å². The Bertz CT molecular complexity index is 522. The van der Waals surface area contributed by atoms with Gasteiger partial charge in [0.15, 0.2) is 0 Å². The highest BCUT2D eigenvalue weighted by Gasteiger charge is 2.68. The third-order valence-corrected chi connectivity index (χ3v) is 8.09. The molecule has 2 aliphatic carbocycles. The molecule has 146 valence electrons. The van der Waals surface area contributed by atoms with E-state index in [1.807, 2.05) is 6.92 Å². The Hall–Kier alpha value is -0.200. The molecule has 0 bridgehead atoms. The lowest BCUT2D eigenvalue weighted by atomic mass is 9.43. The lowest BCUT2D eigenvalue weighted by molar-refractivity contribution is -0.339. The topological polar surface area (TPSA) is 90.2 Å². The van der Waals surface area contributed by atoms with Crippen LogP contribution in [-0.4, -0.2) is 56.5 Å². The van der Waals surface area contributed by atoms with E-state index >= 15 is 0 Å². The summed E-state index contributed by atoms with van der Waals surface area (Å²) >= 11 is 0. The molecule has 1 heterocycles. The summed E-state index contributed by atoms with van der Waals surface area (Å²) in [5, 5.41) is 41.9. The van der Waals surface area contributed by atoms with Crippen LogP contribution in [0.5, 0.6) is 0 Å². The largest absolute Gasteiger partial charge is 0.394 e. The number of aliphatic hydroxyl groups is 4. The fourth-order valence-electron chi connectivity index (χ4n) is 6.91. The molecular weight excluding hydrogens is 320 g/mol. The van der Waals surface area contributed by atoms with Crippen molar-refractivity contribution in [2.45, 2.75) is 96.2 Å². The van der Waals surface area contributed by atoms with E-state index in [0.29, 0.717) is 6.42 Å². The Labute approximate surface area is 151 Å². The van der Waals surface area contributed by atoms with E-state index < -0.39 is 29.5 Å². The normalized spacial score (nSPS) is 53.6. The van der Waals surface area contributed by atoms with E-state index in [2.05, 4.69) is 20.8 Å². The third-order valence-electron chi connectivity index (χ3n) is 8.09. The Kier molecular flexibility index (Phi) is 4.61. The average Bonchev–Trinajstić information content (AvgIpc) is 2.50. The van der Waals surface area contributed by atoms with E-state index in [1.165, 1.54) is 0 Å².